The average molecular weight is 591 g/mol. The molecule has 3 aliphatic rings. The van der Waals surface area contributed by atoms with Crippen LogP contribution in [-0.4, -0.2) is 6.11 Å². The Kier molecular flexibility index (Phi) is 10.5. The van der Waals surface area contributed by atoms with Crippen molar-refractivity contribution in [1.82, 2.24) is 0 Å². The first-order chi connectivity index (χ1) is 20.2. The molecule has 2 aromatic rings. The molecule has 3 aliphatic carbocycles. The van der Waals surface area contributed by atoms with Crippen molar-refractivity contribution in [2.75, 3.05) is 0 Å². The highest BCUT2D eigenvalue weighted by atomic mass is 19.3. The minimum atomic E-state index is -3.56. The van der Waals surface area contributed by atoms with Gasteiger partial charge in [0.15, 0.2) is 17.5 Å². The van der Waals surface area contributed by atoms with Crippen LogP contribution < -0.4 is 4.74 Å². The molecule has 0 amide bonds. The number of hydrogen-bond acceptors (Lipinski definition) is 1. The van der Waals surface area contributed by atoms with Crippen LogP contribution in [-0.2, 0) is 0 Å². The Balaban J connectivity index is 1.05. The van der Waals surface area contributed by atoms with Gasteiger partial charge < -0.3 is 4.74 Å². The van der Waals surface area contributed by atoms with E-state index < -0.39 is 35.2 Å². The molecule has 0 aliphatic heterocycles. The van der Waals surface area contributed by atoms with E-state index in [2.05, 4.69) is 31.2 Å². The van der Waals surface area contributed by atoms with Gasteiger partial charge in [-0.25, -0.2) is 13.2 Å². The molecule has 0 unspecified atom stereocenters. The van der Waals surface area contributed by atoms with Gasteiger partial charge in [-0.15, -0.1) is 0 Å². The molecule has 232 valence electrons. The first-order valence-corrected chi connectivity index (χ1v) is 16.5. The molecular formula is C36H47F5O. The quantitative estimate of drug-likeness (QED) is 0.152. The van der Waals surface area contributed by atoms with Gasteiger partial charge in [0.25, 0.3) is 0 Å². The second-order valence-electron chi connectivity index (χ2n) is 13.5. The predicted molar refractivity (Wildman–Crippen MR) is 157 cm³/mol. The second-order valence-corrected chi connectivity index (χ2v) is 13.5. The first-order valence-electron chi connectivity index (χ1n) is 16.5. The Bertz CT molecular complexity index is 1100. The average Bonchev–Trinajstić information content (AvgIpc) is 3.00. The summed E-state index contributed by atoms with van der Waals surface area (Å²) >= 11 is 0. The molecule has 0 aromatic heterocycles. The summed E-state index contributed by atoms with van der Waals surface area (Å²) in [5.41, 5.74) is 2.95. The topological polar surface area (TPSA) is 9.23 Å². The molecule has 1 nitrogen and oxygen atoms in total. The Hall–Kier alpha value is -2.11. The summed E-state index contributed by atoms with van der Waals surface area (Å²) in [4.78, 5) is 0. The van der Waals surface area contributed by atoms with Crippen molar-refractivity contribution in [3.63, 3.8) is 0 Å². The van der Waals surface area contributed by atoms with Gasteiger partial charge >= 0.3 is 6.11 Å². The van der Waals surface area contributed by atoms with Crippen LogP contribution in [0.15, 0.2) is 36.4 Å². The number of unbranched alkanes of at least 4 members (excludes halogenated alkanes) is 2. The van der Waals surface area contributed by atoms with Gasteiger partial charge in [0.1, 0.15) is 5.75 Å². The zero-order valence-corrected chi connectivity index (χ0v) is 25.0. The highest BCUT2D eigenvalue weighted by Crippen LogP contribution is 2.47. The third-order valence-electron chi connectivity index (χ3n) is 10.8. The molecule has 0 spiro atoms. The minimum Gasteiger partial charge on any atom is -0.432 e. The molecule has 0 saturated heterocycles. The van der Waals surface area contributed by atoms with Crippen LogP contribution in [0.3, 0.4) is 0 Å². The molecule has 2 aromatic carbocycles. The van der Waals surface area contributed by atoms with E-state index in [-0.39, 0.29) is 0 Å². The summed E-state index contributed by atoms with van der Waals surface area (Å²) < 4.78 is 74.4. The van der Waals surface area contributed by atoms with Crippen molar-refractivity contribution in [2.45, 2.75) is 128 Å². The molecule has 6 heteroatoms. The molecule has 0 heterocycles. The number of hydrogen-bond donors (Lipinski definition) is 0. The molecule has 0 radical (unpaired) electrons. The molecule has 3 saturated carbocycles. The number of alkyl halides is 2. The molecule has 0 atom stereocenters. The lowest BCUT2D eigenvalue weighted by Gasteiger charge is -2.39. The van der Waals surface area contributed by atoms with Crippen molar-refractivity contribution < 1.29 is 26.7 Å². The van der Waals surface area contributed by atoms with E-state index in [4.69, 9.17) is 4.74 Å². The number of ether oxygens (including phenoxy) is 1. The summed E-state index contributed by atoms with van der Waals surface area (Å²) in [6, 6.07) is 10.4. The summed E-state index contributed by atoms with van der Waals surface area (Å²) in [7, 11) is 0. The number of halogens is 5. The van der Waals surface area contributed by atoms with Crippen LogP contribution >= 0.6 is 0 Å². The lowest BCUT2D eigenvalue weighted by molar-refractivity contribution is -0.224. The van der Waals surface area contributed by atoms with Crippen LogP contribution in [0, 0.1) is 41.1 Å². The Labute approximate surface area is 248 Å². The van der Waals surface area contributed by atoms with E-state index >= 15 is 0 Å². The van der Waals surface area contributed by atoms with Crippen molar-refractivity contribution in [3.8, 4) is 5.75 Å². The van der Waals surface area contributed by atoms with Gasteiger partial charge in [0.05, 0.1) is 5.92 Å². The predicted octanol–water partition coefficient (Wildman–Crippen LogP) is 11.7. The second kappa shape index (κ2) is 14.1. The molecule has 0 bridgehead atoms. The Morgan fingerprint density at radius 1 is 0.667 bits per heavy atom. The zero-order valence-electron chi connectivity index (χ0n) is 25.0. The van der Waals surface area contributed by atoms with Crippen molar-refractivity contribution in [1.29, 1.82) is 0 Å². The van der Waals surface area contributed by atoms with Crippen molar-refractivity contribution in [2.24, 2.45) is 23.7 Å². The lowest BCUT2D eigenvalue weighted by atomic mass is 9.68. The maximum absolute atomic E-state index is 14.8. The van der Waals surface area contributed by atoms with Crippen LogP contribution in [0.1, 0.15) is 133 Å². The SMILES string of the molecule is CCCCCC1CCC(c2ccc(C3CCC(C4CCC(C(F)(F)Oc5cc(F)c(F)c(F)c5)CC4)CC3)cc2)CC1. The smallest absolute Gasteiger partial charge is 0.400 e. The summed E-state index contributed by atoms with van der Waals surface area (Å²) in [6.45, 7) is 2.28. The fraction of sp³-hybridized carbons (Fsp3) is 0.667. The Morgan fingerprint density at radius 3 is 1.64 bits per heavy atom. The van der Waals surface area contributed by atoms with Crippen LogP contribution in [0.4, 0.5) is 22.0 Å². The highest BCUT2D eigenvalue weighted by Gasteiger charge is 2.45. The van der Waals surface area contributed by atoms with E-state index in [9.17, 15) is 22.0 Å². The van der Waals surface area contributed by atoms with Crippen LogP contribution in [0.2, 0.25) is 0 Å². The van der Waals surface area contributed by atoms with Gasteiger partial charge in [-0.3, -0.25) is 0 Å². The number of benzene rings is 2. The van der Waals surface area contributed by atoms with Crippen LogP contribution in [0.5, 0.6) is 5.75 Å². The minimum absolute atomic E-state index is 0.311. The maximum Gasteiger partial charge on any atom is 0.400 e. The van der Waals surface area contributed by atoms with Gasteiger partial charge in [-0.2, -0.15) is 8.78 Å². The summed E-state index contributed by atoms with van der Waals surface area (Å²) in [5.74, 6) is -3.26. The third-order valence-corrected chi connectivity index (χ3v) is 10.8. The normalized spacial score (nSPS) is 28.9. The van der Waals surface area contributed by atoms with Crippen LogP contribution in [0.25, 0.3) is 0 Å². The fourth-order valence-corrected chi connectivity index (χ4v) is 8.19. The molecule has 5 rings (SSSR count). The van der Waals surface area contributed by atoms with E-state index in [1.807, 2.05) is 0 Å². The van der Waals surface area contributed by atoms with E-state index in [0.717, 1.165) is 31.6 Å². The monoisotopic (exact) mass is 590 g/mol. The largest absolute Gasteiger partial charge is 0.432 e. The lowest BCUT2D eigenvalue weighted by Crippen LogP contribution is -2.38. The van der Waals surface area contributed by atoms with Crippen molar-refractivity contribution in [3.05, 3.63) is 65.0 Å². The number of rotatable bonds is 10. The molecule has 0 N–H and O–H groups in total. The van der Waals surface area contributed by atoms with E-state index in [1.54, 1.807) is 0 Å². The standard InChI is InChI=1S/C36H47F5O/c1-2-3-4-5-24-6-8-25(9-7-24)26-10-12-27(13-11-26)28-14-16-29(17-15-28)30-18-20-31(21-19-30)36(40,41)42-32-22-33(37)35(39)34(38)23-32/h10-13,22-25,28-31H,2-9,14-21H2,1H3. The van der Waals surface area contributed by atoms with Crippen molar-refractivity contribution >= 4 is 0 Å². The third kappa shape index (κ3) is 7.69. The van der Waals surface area contributed by atoms with Gasteiger partial charge in [0, 0.05) is 12.1 Å². The zero-order chi connectivity index (χ0) is 29.7. The maximum atomic E-state index is 14.8. The highest BCUT2D eigenvalue weighted by molar-refractivity contribution is 5.28. The molecule has 3 fully saturated rings. The summed E-state index contributed by atoms with van der Waals surface area (Å²) in [5, 5.41) is 0. The van der Waals surface area contributed by atoms with Gasteiger partial charge in [0.2, 0.25) is 0 Å². The molecular weight excluding hydrogens is 543 g/mol. The Morgan fingerprint density at radius 2 is 1.14 bits per heavy atom. The first kappa shape index (κ1) is 31.3. The van der Waals surface area contributed by atoms with Gasteiger partial charge in [-0.05, 0) is 118 Å². The van der Waals surface area contributed by atoms with E-state index in [1.165, 1.54) is 62.5 Å². The fourth-order valence-electron chi connectivity index (χ4n) is 8.19. The molecule has 42 heavy (non-hydrogen) atoms. The van der Waals surface area contributed by atoms with Gasteiger partial charge in [-0.1, -0.05) is 56.9 Å². The summed E-state index contributed by atoms with van der Waals surface area (Å²) in [6.07, 6.45) is 13.9. The van der Waals surface area contributed by atoms with E-state index in [0.29, 0.717) is 61.5 Å².